The molecule has 3 heteroatoms. The van der Waals surface area contributed by atoms with Gasteiger partial charge in [-0.1, -0.05) is 128 Å². The summed E-state index contributed by atoms with van der Waals surface area (Å²) in [6, 6.07) is 21.4. The number of rotatable bonds is 4. The minimum Gasteiger partial charge on any atom is -0.256 e. The lowest BCUT2D eigenvalue weighted by Gasteiger charge is -2.32. The minimum absolute atomic E-state index is 0.0145. The van der Waals surface area contributed by atoms with Crippen LogP contribution in [-0.4, -0.2) is 15.0 Å². The summed E-state index contributed by atoms with van der Waals surface area (Å²) in [5, 5.41) is 1.14. The fourth-order valence-corrected chi connectivity index (χ4v) is 7.20. The average molecular weight is 570 g/mol. The van der Waals surface area contributed by atoms with Crippen LogP contribution in [0.4, 0.5) is 0 Å². The van der Waals surface area contributed by atoms with E-state index in [4.69, 9.17) is 9.97 Å². The summed E-state index contributed by atoms with van der Waals surface area (Å²) in [4.78, 5) is 15.3. The Balaban J connectivity index is 1.24. The second kappa shape index (κ2) is 11.0. The Morgan fingerprint density at radius 2 is 1.57 bits per heavy atom. The van der Waals surface area contributed by atoms with Crippen LogP contribution in [0, 0.1) is 17.8 Å². The van der Waals surface area contributed by atoms with Gasteiger partial charge in [0.1, 0.15) is 5.82 Å². The Bertz CT molecular complexity index is 1980. The summed E-state index contributed by atoms with van der Waals surface area (Å²) >= 11 is 0. The van der Waals surface area contributed by atoms with E-state index in [1.54, 1.807) is 5.57 Å². The van der Waals surface area contributed by atoms with Gasteiger partial charge in [0.25, 0.3) is 0 Å². The van der Waals surface area contributed by atoms with Gasteiger partial charge in [-0.3, -0.25) is 4.98 Å². The van der Waals surface area contributed by atoms with Crippen LogP contribution < -0.4 is 0 Å². The van der Waals surface area contributed by atoms with Crippen molar-refractivity contribution in [3.05, 3.63) is 156 Å². The molecule has 2 aromatic carbocycles. The molecule has 4 atom stereocenters. The van der Waals surface area contributed by atoms with E-state index < -0.39 is 0 Å². The highest BCUT2D eigenvalue weighted by molar-refractivity contribution is 5.93. The summed E-state index contributed by atoms with van der Waals surface area (Å²) < 4.78 is 0. The summed E-state index contributed by atoms with van der Waals surface area (Å²) in [5.41, 5.74) is 11.5. The van der Waals surface area contributed by atoms with Crippen LogP contribution in [0.5, 0.6) is 0 Å². The van der Waals surface area contributed by atoms with Gasteiger partial charge in [0.05, 0.1) is 22.8 Å². The maximum absolute atomic E-state index is 5.29. The number of pyridine rings is 1. The highest BCUT2D eigenvalue weighted by Gasteiger charge is 2.31. The minimum atomic E-state index is 0.0145. The topological polar surface area (TPSA) is 38.7 Å². The predicted molar refractivity (Wildman–Crippen MR) is 182 cm³/mol. The molecule has 214 valence electrons. The van der Waals surface area contributed by atoms with E-state index in [0.29, 0.717) is 17.8 Å². The number of hydrogen-bond donors (Lipinski definition) is 0. The van der Waals surface area contributed by atoms with Crippen molar-refractivity contribution in [2.24, 2.45) is 17.8 Å². The molecule has 0 saturated heterocycles. The molecule has 0 fully saturated rings. The smallest absolute Gasteiger partial charge is 0.141 e. The first-order chi connectivity index (χ1) is 21.6. The van der Waals surface area contributed by atoms with Gasteiger partial charge in [0.2, 0.25) is 0 Å². The quantitative estimate of drug-likeness (QED) is 0.230. The zero-order valence-electron chi connectivity index (χ0n) is 25.0. The summed E-state index contributed by atoms with van der Waals surface area (Å²) in [6.45, 7) is 6.85. The fraction of sp³-hybridized carbons (Fsp3) is 0.195. The van der Waals surface area contributed by atoms with Crippen LogP contribution in [0.2, 0.25) is 0 Å². The Morgan fingerprint density at radius 1 is 0.773 bits per heavy atom. The highest BCUT2D eigenvalue weighted by Crippen LogP contribution is 2.45. The standard InChI is InChI=1S/C41H35N3/c1-26-12-21-35-33(23-26)14-13-27(2)39(35)41-43-37(25-38(44-41)34-20-15-28-7-3-4-8-32(28)24-34)30-18-16-29(17-19-30)36-11-5-9-31-10-6-22-42-40(31)36/h3-12,15-22,24-26,28,32,39H,2,13-14,23H2,1H3. The molecule has 2 aromatic heterocycles. The van der Waals surface area contributed by atoms with Gasteiger partial charge < -0.3 is 0 Å². The van der Waals surface area contributed by atoms with Crippen molar-refractivity contribution in [2.75, 3.05) is 0 Å². The molecule has 4 aliphatic rings. The molecule has 0 bridgehead atoms. The van der Waals surface area contributed by atoms with Gasteiger partial charge in [0.15, 0.2) is 0 Å². The number of allylic oxidation sites excluding steroid dienone is 13. The van der Waals surface area contributed by atoms with E-state index >= 15 is 0 Å². The maximum Gasteiger partial charge on any atom is 0.141 e. The Morgan fingerprint density at radius 3 is 2.45 bits per heavy atom. The van der Waals surface area contributed by atoms with Gasteiger partial charge in [-0.25, -0.2) is 9.97 Å². The van der Waals surface area contributed by atoms with Gasteiger partial charge in [0, 0.05) is 34.5 Å². The van der Waals surface area contributed by atoms with Crippen LogP contribution in [0.25, 0.3) is 38.9 Å². The normalized spacial score (nSPS) is 23.9. The van der Waals surface area contributed by atoms with Gasteiger partial charge in [-0.15, -0.1) is 0 Å². The molecular formula is C41H35N3. The number of nitrogens with zero attached hydrogens (tertiary/aromatic N) is 3. The lowest BCUT2D eigenvalue weighted by atomic mass is 9.74. The lowest BCUT2D eigenvalue weighted by Crippen LogP contribution is -2.19. The number of para-hydroxylation sites is 1. The molecule has 2 heterocycles. The van der Waals surface area contributed by atoms with E-state index in [2.05, 4.69) is 128 Å². The molecule has 0 radical (unpaired) electrons. The predicted octanol–water partition coefficient (Wildman–Crippen LogP) is 10.00. The first-order valence-electron chi connectivity index (χ1n) is 15.8. The number of benzene rings is 2. The van der Waals surface area contributed by atoms with Gasteiger partial charge >= 0.3 is 0 Å². The van der Waals surface area contributed by atoms with E-state index in [1.807, 2.05) is 12.3 Å². The summed E-state index contributed by atoms with van der Waals surface area (Å²) in [7, 11) is 0. The van der Waals surface area contributed by atoms with Crippen LogP contribution >= 0.6 is 0 Å². The zero-order valence-corrected chi connectivity index (χ0v) is 25.0. The van der Waals surface area contributed by atoms with Crippen LogP contribution in [0.3, 0.4) is 0 Å². The third kappa shape index (κ3) is 4.83. The maximum atomic E-state index is 5.29. The molecule has 0 saturated carbocycles. The molecule has 0 N–H and O–H groups in total. The molecule has 8 rings (SSSR count). The van der Waals surface area contributed by atoms with Crippen molar-refractivity contribution in [3.8, 4) is 22.4 Å². The van der Waals surface area contributed by atoms with E-state index in [-0.39, 0.29) is 5.92 Å². The molecule has 44 heavy (non-hydrogen) atoms. The van der Waals surface area contributed by atoms with Gasteiger partial charge in [-0.05, 0) is 54.0 Å². The average Bonchev–Trinajstić information content (AvgIpc) is 3.07. The number of hydrogen-bond acceptors (Lipinski definition) is 3. The van der Waals surface area contributed by atoms with Crippen molar-refractivity contribution in [2.45, 2.75) is 32.1 Å². The monoisotopic (exact) mass is 569 g/mol. The third-order valence-electron chi connectivity index (χ3n) is 9.56. The highest BCUT2D eigenvalue weighted by atomic mass is 14.9. The van der Waals surface area contributed by atoms with Crippen LogP contribution in [0.1, 0.15) is 43.6 Å². The molecule has 0 spiro atoms. The number of fused-ring (bicyclic) bond motifs is 2. The Labute approximate surface area is 259 Å². The summed E-state index contributed by atoms with van der Waals surface area (Å²) in [6.07, 6.45) is 25.5. The largest absolute Gasteiger partial charge is 0.256 e. The lowest BCUT2D eigenvalue weighted by molar-refractivity contribution is 0.620. The molecule has 4 aliphatic carbocycles. The van der Waals surface area contributed by atoms with Crippen molar-refractivity contribution in [1.82, 2.24) is 15.0 Å². The second-order valence-electron chi connectivity index (χ2n) is 12.6. The van der Waals surface area contributed by atoms with Crippen LogP contribution in [-0.2, 0) is 0 Å². The Kier molecular flexibility index (Phi) is 6.67. The zero-order chi connectivity index (χ0) is 29.6. The molecule has 0 aliphatic heterocycles. The van der Waals surface area contributed by atoms with Crippen molar-refractivity contribution >= 4 is 16.5 Å². The van der Waals surface area contributed by atoms with Crippen molar-refractivity contribution in [3.63, 3.8) is 0 Å². The first-order valence-corrected chi connectivity index (χ1v) is 15.8. The Hall–Kier alpha value is -4.89. The molecule has 3 nitrogen and oxygen atoms in total. The fourth-order valence-electron chi connectivity index (χ4n) is 7.20. The van der Waals surface area contributed by atoms with Crippen molar-refractivity contribution < 1.29 is 0 Å². The SMILES string of the molecule is C=C1CCC2=C(C=CC(C)C2)C1c1nc(C2=CC3C=CC=CC3C=C2)cc(-c2ccc(-c3cccc4cccnc34)cc2)n1. The second-order valence-corrected chi connectivity index (χ2v) is 12.6. The summed E-state index contributed by atoms with van der Waals surface area (Å²) in [5.74, 6) is 2.19. The molecule has 0 amide bonds. The van der Waals surface area contributed by atoms with E-state index in [1.165, 1.54) is 11.1 Å². The molecular weight excluding hydrogens is 534 g/mol. The van der Waals surface area contributed by atoms with Crippen LogP contribution in [0.15, 0.2) is 145 Å². The van der Waals surface area contributed by atoms with Crippen molar-refractivity contribution in [1.29, 1.82) is 0 Å². The number of aromatic nitrogens is 3. The van der Waals surface area contributed by atoms with Gasteiger partial charge in [-0.2, -0.15) is 0 Å². The first kappa shape index (κ1) is 26.7. The molecule has 4 aromatic rings. The third-order valence-corrected chi connectivity index (χ3v) is 9.56. The van der Waals surface area contributed by atoms with E-state index in [0.717, 1.165) is 69.6 Å². The van der Waals surface area contributed by atoms with E-state index in [9.17, 15) is 0 Å². The molecule has 4 unspecified atom stereocenters.